The Hall–Kier alpha value is -1.94. The van der Waals surface area contributed by atoms with Gasteiger partial charge in [0, 0.05) is 25.7 Å². The van der Waals surface area contributed by atoms with Crippen molar-refractivity contribution < 1.29 is 80.2 Å². The maximum Gasteiger partial charge on any atom is 0.472 e. The van der Waals surface area contributed by atoms with Crippen molar-refractivity contribution in [3.8, 4) is 0 Å². The normalized spacial score (nSPS) is 14.5. The lowest BCUT2D eigenvalue weighted by Crippen LogP contribution is -2.30. The summed E-state index contributed by atoms with van der Waals surface area (Å²) >= 11 is 0. The maximum absolute atomic E-state index is 13.0. The van der Waals surface area contributed by atoms with Crippen LogP contribution >= 0.6 is 15.6 Å². The number of carbonyl (C=O) groups excluding carboxylic acids is 4. The third-order valence-corrected chi connectivity index (χ3v) is 17.7. The number of rotatable bonds is 66. The molecular formula is C67H130O17P2. The summed E-state index contributed by atoms with van der Waals surface area (Å²) in [7, 11) is -9.89. The number of hydrogen-bond acceptors (Lipinski definition) is 15. The zero-order valence-corrected chi connectivity index (χ0v) is 57.4. The van der Waals surface area contributed by atoms with Crippen molar-refractivity contribution in [1.29, 1.82) is 0 Å². The van der Waals surface area contributed by atoms with Crippen molar-refractivity contribution in [3.05, 3.63) is 0 Å². The van der Waals surface area contributed by atoms with Crippen LogP contribution in [-0.4, -0.2) is 96.7 Å². The van der Waals surface area contributed by atoms with Gasteiger partial charge in [0.25, 0.3) is 0 Å². The van der Waals surface area contributed by atoms with E-state index in [0.29, 0.717) is 31.6 Å². The van der Waals surface area contributed by atoms with Crippen LogP contribution in [0.3, 0.4) is 0 Å². The number of esters is 4. The van der Waals surface area contributed by atoms with E-state index >= 15 is 0 Å². The summed E-state index contributed by atoms with van der Waals surface area (Å²) < 4.78 is 68.0. The van der Waals surface area contributed by atoms with Crippen molar-refractivity contribution in [3.63, 3.8) is 0 Å². The van der Waals surface area contributed by atoms with Crippen LogP contribution in [0.1, 0.15) is 337 Å². The number of hydrogen-bond donors (Lipinski definition) is 3. The highest BCUT2D eigenvalue weighted by Gasteiger charge is 2.30. The summed E-state index contributed by atoms with van der Waals surface area (Å²) in [5, 5.41) is 10.5. The number of aliphatic hydroxyl groups excluding tert-OH is 1. The van der Waals surface area contributed by atoms with Crippen LogP contribution in [0, 0.1) is 11.8 Å². The topological polar surface area (TPSA) is 237 Å². The Labute approximate surface area is 524 Å². The van der Waals surface area contributed by atoms with Crippen LogP contribution in [0.5, 0.6) is 0 Å². The van der Waals surface area contributed by atoms with Crippen LogP contribution in [0.4, 0.5) is 0 Å². The molecule has 510 valence electrons. The van der Waals surface area contributed by atoms with Gasteiger partial charge in [0.15, 0.2) is 12.2 Å². The molecule has 0 radical (unpaired) electrons. The molecule has 0 bridgehead atoms. The van der Waals surface area contributed by atoms with E-state index in [9.17, 15) is 43.2 Å². The molecule has 0 aromatic heterocycles. The first-order valence-corrected chi connectivity index (χ1v) is 38.0. The van der Waals surface area contributed by atoms with Gasteiger partial charge in [-0.15, -0.1) is 0 Å². The van der Waals surface area contributed by atoms with Gasteiger partial charge in [-0.05, 0) is 37.5 Å². The molecule has 0 rings (SSSR count). The fourth-order valence-electron chi connectivity index (χ4n) is 10.0. The molecule has 0 aliphatic carbocycles. The molecular weight excluding hydrogens is 1140 g/mol. The average molecular weight is 1270 g/mol. The van der Waals surface area contributed by atoms with Gasteiger partial charge in [-0.1, -0.05) is 286 Å². The Kier molecular flexibility index (Phi) is 58.0. The Morgan fingerprint density at radius 3 is 0.884 bits per heavy atom. The van der Waals surface area contributed by atoms with Crippen molar-refractivity contribution in [2.75, 3.05) is 39.6 Å². The molecule has 0 fully saturated rings. The van der Waals surface area contributed by atoms with Crippen LogP contribution in [0.25, 0.3) is 0 Å². The second-order valence-electron chi connectivity index (χ2n) is 24.9. The second-order valence-corrected chi connectivity index (χ2v) is 27.8. The lowest BCUT2D eigenvalue weighted by Gasteiger charge is -2.21. The standard InChI is InChI=1S/C67H130O17P2/c1-7-10-12-14-16-17-18-19-20-21-22-23-24-25-26-32-39-45-51-66(71)83-62(56-78-65(70)50-44-38-31-28-27-30-36-42-48-60(6)9-3)57-81-85(73,74)79-53-61(68)54-80-86(75,76)82-58-63(55-77-64(69)49-43-37-29-15-13-11-8-2)84-67(72)52-46-40-34-33-35-41-47-59(4)5/h59-63,68H,7-58H2,1-6H3,(H,73,74)(H,75,76)/t60?,61-,62-,63-/m1/s1. The summed E-state index contributed by atoms with van der Waals surface area (Å²) in [5.74, 6) is -0.691. The van der Waals surface area contributed by atoms with Gasteiger partial charge >= 0.3 is 39.5 Å². The highest BCUT2D eigenvalue weighted by molar-refractivity contribution is 7.47. The summed E-state index contributed by atoms with van der Waals surface area (Å²) in [6, 6.07) is 0. The third-order valence-electron chi connectivity index (χ3n) is 15.8. The van der Waals surface area contributed by atoms with Gasteiger partial charge in [0.1, 0.15) is 19.3 Å². The first kappa shape index (κ1) is 84.1. The predicted octanol–water partition coefficient (Wildman–Crippen LogP) is 18.8. The molecule has 0 aromatic carbocycles. The Morgan fingerprint density at radius 1 is 0.337 bits per heavy atom. The molecule has 17 nitrogen and oxygen atoms in total. The van der Waals surface area contributed by atoms with Gasteiger partial charge in [-0.3, -0.25) is 37.3 Å². The minimum Gasteiger partial charge on any atom is -0.462 e. The molecule has 0 spiro atoms. The summed E-state index contributed by atoms with van der Waals surface area (Å²) in [6.07, 6.45) is 43.4. The Morgan fingerprint density at radius 2 is 0.593 bits per heavy atom. The maximum atomic E-state index is 13.0. The molecule has 0 aromatic rings. The van der Waals surface area contributed by atoms with Crippen LogP contribution in [0.15, 0.2) is 0 Å². The fraction of sp³-hybridized carbons (Fsp3) is 0.940. The van der Waals surface area contributed by atoms with E-state index in [1.165, 1.54) is 141 Å². The van der Waals surface area contributed by atoms with E-state index < -0.39 is 97.5 Å². The van der Waals surface area contributed by atoms with Crippen molar-refractivity contribution >= 4 is 39.5 Å². The molecule has 0 saturated carbocycles. The molecule has 3 N–H and O–H groups in total. The second kappa shape index (κ2) is 59.4. The number of phosphoric acid groups is 2. The van der Waals surface area contributed by atoms with Gasteiger partial charge in [-0.25, -0.2) is 9.13 Å². The van der Waals surface area contributed by atoms with E-state index in [4.69, 9.17) is 37.0 Å². The van der Waals surface area contributed by atoms with E-state index in [2.05, 4.69) is 41.5 Å². The molecule has 19 heteroatoms. The number of unbranched alkanes of at least 4 members (excludes halogenated alkanes) is 35. The van der Waals surface area contributed by atoms with E-state index in [1.807, 2.05) is 0 Å². The predicted molar refractivity (Wildman–Crippen MR) is 345 cm³/mol. The minimum atomic E-state index is -4.95. The molecule has 0 heterocycles. The van der Waals surface area contributed by atoms with Crippen molar-refractivity contribution in [2.45, 2.75) is 355 Å². The quantitative estimate of drug-likeness (QED) is 0.0222. The molecule has 3 unspecified atom stereocenters. The molecule has 6 atom stereocenters. The molecule has 0 aliphatic heterocycles. The molecule has 86 heavy (non-hydrogen) atoms. The first-order chi connectivity index (χ1) is 41.4. The van der Waals surface area contributed by atoms with Gasteiger partial charge in [0.05, 0.1) is 26.4 Å². The molecule has 0 saturated heterocycles. The molecule has 0 amide bonds. The number of phosphoric ester groups is 2. The van der Waals surface area contributed by atoms with Gasteiger partial charge in [0.2, 0.25) is 0 Å². The summed E-state index contributed by atoms with van der Waals surface area (Å²) in [4.78, 5) is 72.2. The van der Waals surface area contributed by atoms with Crippen LogP contribution < -0.4 is 0 Å². The van der Waals surface area contributed by atoms with Gasteiger partial charge in [-0.2, -0.15) is 0 Å². The summed E-state index contributed by atoms with van der Waals surface area (Å²) in [6.45, 7) is 9.39. The number of carbonyl (C=O) groups is 4. The lowest BCUT2D eigenvalue weighted by atomic mass is 9.99. The smallest absolute Gasteiger partial charge is 0.462 e. The monoisotopic (exact) mass is 1270 g/mol. The zero-order valence-electron chi connectivity index (χ0n) is 55.6. The Bertz CT molecular complexity index is 1690. The zero-order chi connectivity index (χ0) is 63.6. The largest absolute Gasteiger partial charge is 0.472 e. The third kappa shape index (κ3) is 59.7. The van der Waals surface area contributed by atoms with Crippen molar-refractivity contribution in [2.24, 2.45) is 11.8 Å². The first-order valence-electron chi connectivity index (χ1n) is 35.0. The van der Waals surface area contributed by atoms with E-state index in [1.54, 1.807) is 0 Å². The number of ether oxygens (including phenoxy) is 4. The summed E-state index contributed by atoms with van der Waals surface area (Å²) in [5.41, 5.74) is 0. The number of aliphatic hydroxyl groups is 1. The van der Waals surface area contributed by atoms with E-state index in [-0.39, 0.29) is 25.7 Å². The van der Waals surface area contributed by atoms with Crippen LogP contribution in [-0.2, 0) is 65.4 Å². The fourth-order valence-corrected chi connectivity index (χ4v) is 11.6. The minimum absolute atomic E-state index is 0.102. The average Bonchev–Trinajstić information content (AvgIpc) is 3.53. The SMILES string of the molecule is CCCCCCCCCCCCCCCCCCCCC(=O)O[C@H](COC(=O)CCCCCCCCCCC(C)CC)COP(=O)(O)OC[C@@H](O)COP(=O)(O)OC[C@@H](COC(=O)CCCCCCCCC)OC(=O)CCCCCCCCC(C)C. The Balaban J connectivity index is 5.18. The van der Waals surface area contributed by atoms with Crippen LogP contribution in [0.2, 0.25) is 0 Å². The van der Waals surface area contributed by atoms with Crippen molar-refractivity contribution in [1.82, 2.24) is 0 Å². The lowest BCUT2D eigenvalue weighted by molar-refractivity contribution is -0.161. The molecule has 0 aliphatic rings. The van der Waals surface area contributed by atoms with E-state index in [0.717, 1.165) is 109 Å². The highest BCUT2D eigenvalue weighted by Crippen LogP contribution is 2.45. The highest BCUT2D eigenvalue weighted by atomic mass is 31.2. The van der Waals surface area contributed by atoms with Gasteiger partial charge < -0.3 is 33.8 Å².